The molecule has 102 valence electrons. The van der Waals surface area contributed by atoms with Gasteiger partial charge in [-0.2, -0.15) is 0 Å². The van der Waals surface area contributed by atoms with Gasteiger partial charge in [0.25, 0.3) is 0 Å². The third kappa shape index (κ3) is 1.99. The molecule has 0 atom stereocenters. The highest BCUT2D eigenvalue weighted by molar-refractivity contribution is 6.81. The van der Waals surface area contributed by atoms with E-state index in [1.165, 1.54) is 11.0 Å². The van der Waals surface area contributed by atoms with E-state index in [0.29, 0.717) is 0 Å². The van der Waals surface area contributed by atoms with Crippen LogP contribution in [-0.2, 0) is 15.7 Å². The van der Waals surface area contributed by atoms with Crippen LogP contribution < -0.4 is 10.9 Å². The second-order valence-electron chi connectivity index (χ2n) is 6.77. The number of rotatable bonds is 1. The molecule has 2 aliphatic rings. The summed E-state index contributed by atoms with van der Waals surface area (Å²) in [6, 6.07) is 6.25. The molecule has 1 saturated heterocycles. The Balaban J connectivity index is 1.90. The molecule has 20 heavy (non-hydrogen) atoms. The third-order valence-electron chi connectivity index (χ3n) is 4.93. The van der Waals surface area contributed by atoms with Crippen LogP contribution in [0.5, 0.6) is 0 Å². The Bertz CT molecular complexity index is 576. The first-order valence-electron chi connectivity index (χ1n) is 7.22. The Hall–Kier alpha value is -1.24. The normalized spacial score (nSPS) is 22.8. The van der Waals surface area contributed by atoms with Crippen molar-refractivity contribution in [1.82, 2.24) is 0 Å². The van der Waals surface area contributed by atoms with E-state index in [1.807, 2.05) is 6.07 Å². The summed E-state index contributed by atoms with van der Waals surface area (Å²) in [7, 11) is -0.313. The van der Waals surface area contributed by atoms with Crippen LogP contribution in [0.2, 0.25) is 6.32 Å². The van der Waals surface area contributed by atoms with E-state index in [9.17, 15) is 0 Å². The summed E-state index contributed by atoms with van der Waals surface area (Å²) >= 11 is 0. The second-order valence-corrected chi connectivity index (χ2v) is 6.77. The minimum absolute atomic E-state index is 0.0531. The molecule has 5 heteroatoms. The number of benzene rings is 1. The Labute approximate surface area is 121 Å². The van der Waals surface area contributed by atoms with Crippen LogP contribution in [-0.4, -0.2) is 25.0 Å². The van der Waals surface area contributed by atoms with E-state index in [1.54, 1.807) is 0 Å². The molecule has 0 spiro atoms. The fourth-order valence-electron chi connectivity index (χ4n) is 2.90. The molecule has 1 fully saturated rings. The van der Waals surface area contributed by atoms with E-state index >= 15 is 0 Å². The molecule has 0 N–H and O–H groups in total. The van der Waals surface area contributed by atoms with Gasteiger partial charge in [0.05, 0.1) is 11.2 Å². The second kappa shape index (κ2) is 4.38. The molecule has 0 unspecified atom stereocenters. The van der Waals surface area contributed by atoms with E-state index in [0.717, 1.165) is 18.2 Å². The topological polar surface area (TPSA) is 42.2 Å². The molecule has 1 aromatic rings. The number of hydrogen-bond donors (Lipinski definition) is 0. The van der Waals surface area contributed by atoms with E-state index in [2.05, 4.69) is 45.8 Å². The maximum Gasteiger partial charge on any atom is 0.494 e. The van der Waals surface area contributed by atoms with E-state index in [-0.39, 0.29) is 25.0 Å². The molecule has 0 aliphatic carbocycles. The monoisotopic (exact) mass is 267 g/mol. The fourth-order valence-corrected chi connectivity index (χ4v) is 2.90. The standard InChI is InChI=1S/C15H19B2NO2/c1-14(2)15(3,4)20-17(19-14)12-5-6-13-11(9-12)7-8-16(13)10-18/h5-6,9H,7-8H2,1-4H3. The van der Waals surface area contributed by atoms with Gasteiger partial charge in [0, 0.05) is 5.97 Å². The highest BCUT2D eigenvalue weighted by atomic mass is 16.7. The van der Waals surface area contributed by atoms with Crippen molar-refractivity contribution >= 4 is 24.8 Å². The van der Waals surface area contributed by atoms with Gasteiger partial charge in [0.2, 0.25) is 0 Å². The molecule has 2 aliphatic heterocycles. The Morgan fingerprint density at radius 1 is 1.15 bits per heavy atom. The summed E-state index contributed by atoms with van der Waals surface area (Å²) in [6.45, 7) is 8.30. The lowest BCUT2D eigenvalue weighted by Gasteiger charge is -2.32. The molecule has 0 saturated carbocycles. The summed E-state index contributed by atoms with van der Waals surface area (Å²) in [6.07, 6.45) is 1.90. The van der Waals surface area contributed by atoms with E-state index in [4.69, 9.17) is 14.6 Å². The highest BCUT2D eigenvalue weighted by Gasteiger charge is 2.51. The summed E-state index contributed by atoms with van der Waals surface area (Å²) in [4.78, 5) is 0. The quantitative estimate of drug-likeness (QED) is 0.720. The van der Waals surface area contributed by atoms with Crippen molar-refractivity contribution in [3.05, 3.63) is 23.8 Å². The summed E-state index contributed by atoms with van der Waals surface area (Å²) in [5, 5.41) is 9.13. The van der Waals surface area contributed by atoms with Crippen molar-refractivity contribution in [3.8, 4) is 5.97 Å². The van der Waals surface area contributed by atoms with Crippen LogP contribution in [0.3, 0.4) is 0 Å². The third-order valence-corrected chi connectivity index (χ3v) is 4.93. The number of hydrogen-bond acceptors (Lipinski definition) is 3. The van der Waals surface area contributed by atoms with Gasteiger partial charge in [-0.05, 0) is 39.6 Å². The smallest absolute Gasteiger partial charge is 0.399 e. The van der Waals surface area contributed by atoms with Gasteiger partial charge < -0.3 is 9.31 Å². The predicted octanol–water partition coefficient (Wildman–Crippen LogP) is 1.31. The number of nitrogens with zero attached hydrogens (tertiary/aromatic N) is 1. The van der Waals surface area contributed by atoms with Gasteiger partial charge in [-0.25, -0.2) is 5.26 Å². The zero-order valence-corrected chi connectivity index (χ0v) is 12.6. The zero-order valence-electron chi connectivity index (χ0n) is 12.6. The molecular formula is C15H19B2NO2. The molecule has 1 aromatic carbocycles. The largest absolute Gasteiger partial charge is 0.494 e. The zero-order chi connectivity index (χ0) is 14.5. The molecule has 0 bridgehead atoms. The first-order chi connectivity index (χ1) is 9.34. The number of fused-ring (bicyclic) bond motifs is 1. The SMILES string of the molecule is CC1(C)OB(c2ccc3c(c2)CCB3C#N)OC1(C)C. The molecule has 0 amide bonds. The molecule has 0 radical (unpaired) electrons. The van der Waals surface area contributed by atoms with Crippen molar-refractivity contribution in [1.29, 1.82) is 5.26 Å². The Kier molecular flexibility index (Phi) is 3.00. The molecule has 2 heterocycles. The Morgan fingerprint density at radius 3 is 2.40 bits per heavy atom. The minimum atomic E-state index is -0.314. The maximum absolute atomic E-state index is 9.13. The van der Waals surface area contributed by atoms with Crippen LogP contribution in [0.25, 0.3) is 0 Å². The summed E-state index contributed by atoms with van der Waals surface area (Å²) in [5.41, 5.74) is 2.87. The summed E-state index contributed by atoms with van der Waals surface area (Å²) < 4.78 is 12.2. The highest BCUT2D eigenvalue weighted by Crippen LogP contribution is 2.36. The molecule has 3 rings (SSSR count). The van der Waals surface area contributed by atoms with Gasteiger partial charge in [0.15, 0.2) is 0 Å². The van der Waals surface area contributed by atoms with Gasteiger partial charge in [-0.3, -0.25) is 0 Å². The van der Waals surface area contributed by atoms with Crippen molar-refractivity contribution in [2.45, 2.75) is 51.6 Å². The van der Waals surface area contributed by atoms with E-state index < -0.39 is 0 Å². The van der Waals surface area contributed by atoms with Crippen molar-refractivity contribution in [2.75, 3.05) is 0 Å². The lowest BCUT2D eigenvalue weighted by atomic mass is 9.47. The van der Waals surface area contributed by atoms with Gasteiger partial charge in [-0.15, -0.1) is 0 Å². The lowest BCUT2D eigenvalue weighted by Crippen LogP contribution is -2.41. The number of aryl methyl sites for hydroxylation is 1. The van der Waals surface area contributed by atoms with Crippen molar-refractivity contribution in [3.63, 3.8) is 0 Å². The van der Waals surface area contributed by atoms with Crippen LogP contribution in [0, 0.1) is 11.2 Å². The average Bonchev–Trinajstić information content (AvgIpc) is 2.87. The lowest BCUT2D eigenvalue weighted by molar-refractivity contribution is 0.00578. The van der Waals surface area contributed by atoms with Gasteiger partial charge in [-0.1, -0.05) is 35.5 Å². The first kappa shape index (κ1) is 13.7. The molecular weight excluding hydrogens is 248 g/mol. The fraction of sp³-hybridized carbons (Fsp3) is 0.533. The average molecular weight is 267 g/mol. The first-order valence-corrected chi connectivity index (χ1v) is 7.22. The summed E-state index contributed by atoms with van der Waals surface area (Å²) in [5.74, 6) is 2.37. The van der Waals surface area contributed by atoms with Gasteiger partial charge >= 0.3 is 13.8 Å². The van der Waals surface area contributed by atoms with Crippen LogP contribution >= 0.6 is 0 Å². The predicted molar refractivity (Wildman–Crippen MR) is 81.7 cm³/mol. The maximum atomic E-state index is 9.13. The van der Waals surface area contributed by atoms with Crippen LogP contribution in [0.15, 0.2) is 18.2 Å². The molecule has 3 nitrogen and oxygen atoms in total. The molecule has 0 aromatic heterocycles. The van der Waals surface area contributed by atoms with Crippen LogP contribution in [0.1, 0.15) is 33.3 Å². The van der Waals surface area contributed by atoms with Crippen LogP contribution in [0.4, 0.5) is 0 Å². The minimum Gasteiger partial charge on any atom is -0.399 e. The van der Waals surface area contributed by atoms with Crippen molar-refractivity contribution in [2.24, 2.45) is 0 Å². The Morgan fingerprint density at radius 2 is 1.80 bits per heavy atom. The van der Waals surface area contributed by atoms with Gasteiger partial charge in [0.1, 0.15) is 0 Å². The number of nitriles is 1. The van der Waals surface area contributed by atoms with Crippen molar-refractivity contribution < 1.29 is 9.31 Å².